The quantitative estimate of drug-likeness (QED) is 0.607. The Morgan fingerprint density at radius 2 is 1.71 bits per heavy atom. The molecule has 3 rings (SSSR count). The van der Waals surface area contributed by atoms with E-state index in [-0.39, 0.29) is 24.4 Å². The topological polar surface area (TPSA) is 58.9 Å². The Morgan fingerprint density at radius 1 is 1.07 bits per heavy atom. The molecular formula is C22H27ClN4O. The maximum atomic E-state index is 12.8. The van der Waals surface area contributed by atoms with Crippen LogP contribution < -0.4 is 10.6 Å². The highest BCUT2D eigenvalue weighted by Gasteiger charge is 2.18. The van der Waals surface area contributed by atoms with Gasteiger partial charge in [-0.25, -0.2) is 0 Å². The van der Waals surface area contributed by atoms with Crippen molar-refractivity contribution in [1.82, 2.24) is 20.4 Å². The number of likely N-dealkylation sites (N-methyl/N-ethyl adjacent to an activating group) is 1. The predicted molar refractivity (Wildman–Crippen MR) is 116 cm³/mol. The average molecular weight is 399 g/mol. The summed E-state index contributed by atoms with van der Waals surface area (Å²) in [6, 6.07) is 20.2. The summed E-state index contributed by atoms with van der Waals surface area (Å²) >= 11 is 0. The number of carbonyl (C=O) groups excluding carboxylic acids is 1. The van der Waals surface area contributed by atoms with Gasteiger partial charge in [-0.2, -0.15) is 5.10 Å². The number of aromatic nitrogens is 2. The molecule has 0 aliphatic rings. The smallest absolute Gasteiger partial charge is 0.255 e. The van der Waals surface area contributed by atoms with E-state index >= 15 is 0 Å². The van der Waals surface area contributed by atoms with Gasteiger partial charge in [0.05, 0.1) is 12.1 Å². The maximum Gasteiger partial charge on any atom is 0.255 e. The minimum Gasteiger partial charge on any atom is -0.350 e. The van der Waals surface area contributed by atoms with E-state index in [2.05, 4.69) is 36.6 Å². The molecule has 1 amide bonds. The second kappa shape index (κ2) is 10.6. The zero-order valence-corrected chi connectivity index (χ0v) is 17.1. The molecule has 1 heterocycles. The largest absolute Gasteiger partial charge is 0.350 e. The molecular weight excluding hydrogens is 372 g/mol. The number of hydrogen-bond donors (Lipinski definition) is 2. The van der Waals surface area contributed by atoms with Crippen molar-refractivity contribution in [3.63, 3.8) is 0 Å². The van der Waals surface area contributed by atoms with Gasteiger partial charge in [0.1, 0.15) is 5.69 Å². The highest BCUT2D eigenvalue weighted by atomic mass is 35.5. The summed E-state index contributed by atoms with van der Waals surface area (Å²) in [6.45, 7) is 6.19. The van der Waals surface area contributed by atoms with Crippen molar-refractivity contribution in [3.05, 3.63) is 78.0 Å². The van der Waals surface area contributed by atoms with Crippen LogP contribution in [0.2, 0.25) is 0 Å². The van der Waals surface area contributed by atoms with Gasteiger partial charge in [0.2, 0.25) is 0 Å². The third-order valence-corrected chi connectivity index (χ3v) is 4.36. The number of hydrogen-bond acceptors (Lipinski definition) is 3. The maximum absolute atomic E-state index is 12.8. The molecule has 28 heavy (non-hydrogen) atoms. The van der Waals surface area contributed by atoms with E-state index in [1.807, 2.05) is 59.4 Å². The van der Waals surface area contributed by atoms with E-state index in [1.165, 1.54) is 0 Å². The molecule has 0 aliphatic carbocycles. The van der Waals surface area contributed by atoms with Crippen LogP contribution in [0.15, 0.2) is 66.9 Å². The molecule has 2 N–H and O–H groups in total. The fraction of sp³-hybridized carbons (Fsp3) is 0.273. The van der Waals surface area contributed by atoms with Crippen molar-refractivity contribution in [2.75, 3.05) is 13.1 Å². The molecule has 2 aromatic carbocycles. The van der Waals surface area contributed by atoms with E-state index in [0.29, 0.717) is 24.3 Å². The summed E-state index contributed by atoms with van der Waals surface area (Å²) in [5.41, 5.74) is 3.39. The molecule has 0 saturated heterocycles. The summed E-state index contributed by atoms with van der Waals surface area (Å²) in [5, 5.41) is 11.0. The molecule has 1 aromatic heterocycles. The number of nitrogens with zero attached hydrogens (tertiary/aromatic N) is 2. The van der Waals surface area contributed by atoms with Crippen LogP contribution in [0.1, 0.15) is 29.8 Å². The number of rotatable bonds is 8. The van der Waals surface area contributed by atoms with Crippen LogP contribution in [0.3, 0.4) is 0 Å². The molecule has 0 aliphatic heterocycles. The molecule has 0 bridgehead atoms. The van der Waals surface area contributed by atoms with Crippen LogP contribution in [0.5, 0.6) is 0 Å². The lowest BCUT2D eigenvalue weighted by Gasteiger charge is -2.13. The zero-order chi connectivity index (χ0) is 19.1. The lowest BCUT2D eigenvalue weighted by molar-refractivity contribution is 0.0951. The number of amides is 1. The van der Waals surface area contributed by atoms with Crippen molar-refractivity contribution in [1.29, 1.82) is 0 Å². The van der Waals surface area contributed by atoms with Gasteiger partial charge in [-0.05, 0) is 19.0 Å². The minimum absolute atomic E-state index is 0. The first-order chi connectivity index (χ1) is 13.2. The van der Waals surface area contributed by atoms with E-state index < -0.39 is 0 Å². The van der Waals surface area contributed by atoms with Crippen LogP contribution in [-0.2, 0) is 6.54 Å². The number of carbonyl (C=O) groups is 1. The molecule has 0 saturated carbocycles. The number of halogens is 1. The Balaban J connectivity index is 0.00000280. The molecule has 0 fully saturated rings. The van der Waals surface area contributed by atoms with Gasteiger partial charge >= 0.3 is 0 Å². The van der Waals surface area contributed by atoms with Gasteiger partial charge in [-0.15, -0.1) is 12.4 Å². The van der Waals surface area contributed by atoms with Crippen LogP contribution in [0.25, 0.3) is 11.3 Å². The van der Waals surface area contributed by atoms with Crippen molar-refractivity contribution in [3.8, 4) is 11.3 Å². The normalized spacial score (nSPS) is 11.5. The van der Waals surface area contributed by atoms with E-state index in [4.69, 9.17) is 5.10 Å². The van der Waals surface area contributed by atoms with Crippen LogP contribution >= 0.6 is 12.4 Å². The second-order valence-corrected chi connectivity index (χ2v) is 6.61. The third kappa shape index (κ3) is 5.68. The van der Waals surface area contributed by atoms with Crippen molar-refractivity contribution >= 4 is 18.3 Å². The molecule has 1 atom stereocenters. The standard InChI is InChI=1S/C22H26N4O.ClH/c1-3-23-17(2)14-24-22(27)20-16-26(15-18-10-6-4-7-11-18)25-21(20)19-12-8-5-9-13-19;/h4-13,16-17,23H,3,14-15H2,1-2H3,(H,24,27);1H/t17-;/m1./s1. The third-order valence-electron chi connectivity index (χ3n) is 4.36. The summed E-state index contributed by atoms with van der Waals surface area (Å²) in [7, 11) is 0. The second-order valence-electron chi connectivity index (χ2n) is 6.61. The SMILES string of the molecule is CCN[C@H](C)CNC(=O)c1cn(Cc2ccccc2)nc1-c1ccccc1.Cl. The summed E-state index contributed by atoms with van der Waals surface area (Å²) in [4.78, 5) is 12.8. The number of benzene rings is 2. The van der Waals surface area contributed by atoms with Crippen LogP contribution in [0.4, 0.5) is 0 Å². The zero-order valence-electron chi connectivity index (χ0n) is 16.3. The van der Waals surface area contributed by atoms with Gasteiger partial charge in [-0.1, -0.05) is 67.6 Å². The van der Waals surface area contributed by atoms with Crippen LogP contribution in [-0.4, -0.2) is 34.8 Å². The fourth-order valence-corrected chi connectivity index (χ4v) is 3.01. The van der Waals surface area contributed by atoms with Crippen molar-refractivity contribution in [2.24, 2.45) is 0 Å². The van der Waals surface area contributed by atoms with Gasteiger partial charge in [0.15, 0.2) is 0 Å². The van der Waals surface area contributed by atoms with Crippen molar-refractivity contribution < 1.29 is 4.79 Å². The number of nitrogens with one attached hydrogen (secondary N) is 2. The molecule has 0 radical (unpaired) electrons. The Morgan fingerprint density at radius 3 is 2.36 bits per heavy atom. The predicted octanol–water partition coefficient (Wildman–Crippen LogP) is 3.75. The van der Waals surface area contributed by atoms with Gasteiger partial charge in [-0.3, -0.25) is 9.48 Å². The Labute approximate surface area is 172 Å². The lowest BCUT2D eigenvalue weighted by atomic mass is 10.1. The highest BCUT2D eigenvalue weighted by Crippen LogP contribution is 2.22. The monoisotopic (exact) mass is 398 g/mol. The van der Waals surface area contributed by atoms with Gasteiger partial charge in [0.25, 0.3) is 5.91 Å². The first-order valence-corrected chi connectivity index (χ1v) is 9.35. The van der Waals surface area contributed by atoms with Gasteiger partial charge < -0.3 is 10.6 Å². The molecule has 0 unspecified atom stereocenters. The van der Waals surface area contributed by atoms with Crippen LogP contribution in [0, 0.1) is 0 Å². The van der Waals surface area contributed by atoms with E-state index in [1.54, 1.807) is 0 Å². The average Bonchev–Trinajstić information content (AvgIpc) is 3.12. The van der Waals surface area contributed by atoms with E-state index in [0.717, 1.165) is 17.7 Å². The lowest BCUT2D eigenvalue weighted by Crippen LogP contribution is -2.38. The first kappa shape index (κ1) is 21.7. The first-order valence-electron chi connectivity index (χ1n) is 9.35. The molecule has 0 spiro atoms. The van der Waals surface area contributed by atoms with Crippen molar-refractivity contribution in [2.45, 2.75) is 26.4 Å². The molecule has 148 valence electrons. The molecule has 3 aromatic rings. The summed E-state index contributed by atoms with van der Waals surface area (Å²) in [6.07, 6.45) is 1.84. The highest BCUT2D eigenvalue weighted by molar-refractivity contribution is 5.99. The fourth-order valence-electron chi connectivity index (χ4n) is 3.01. The summed E-state index contributed by atoms with van der Waals surface area (Å²) < 4.78 is 1.83. The van der Waals surface area contributed by atoms with Gasteiger partial charge in [0, 0.05) is 24.3 Å². The summed E-state index contributed by atoms with van der Waals surface area (Å²) in [5.74, 6) is -0.0992. The minimum atomic E-state index is -0.0992. The Kier molecular flexibility index (Phi) is 8.23. The molecule has 5 nitrogen and oxygen atoms in total. The molecule has 6 heteroatoms. The Bertz CT molecular complexity index is 865. The van der Waals surface area contributed by atoms with E-state index in [9.17, 15) is 4.79 Å². The Hall–Kier alpha value is -2.63.